The number of carbonyl (C=O) groups is 2. The monoisotopic (exact) mass is 316 g/mol. The SMILES string of the molecule is O=C(O)CNC(=O)c1ccccc1/C=C/c1ccc([N+](=O)[O-])o1. The van der Waals surface area contributed by atoms with Gasteiger partial charge in [-0.1, -0.05) is 24.3 Å². The first-order valence-electron chi connectivity index (χ1n) is 6.48. The standard InChI is InChI=1S/C15H12N2O6/c18-14(19)9-16-15(20)12-4-2-1-3-10(12)5-6-11-7-8-13(23-11)17(21)22/h1-8H,9H2,(H,16,20)(H,18,19)/b6-5+. The van der Waals surface area contributed by atoms with Crippen molar-refractivity contribution in [3.63, 3.8) is 0 Å². The van der Waals surface area contributed by atoms with Crippen molar-refractivity contribution in [2.75, 3.05) is 6.54 Å². The number of furan rings is 1. The van der Waals surface area contributed by atoms with Crippen LogP contribution >= 0.6 is 0 Å². The summed E-state index contributed by atoms with van der Waals surface area (Å²) >= 11 is 0. The van der Waals surface area contributed by atoms with E-state index in [0.717, 1.165) is 0 Å². The van der Waals surface area contributed by atoms with Gasteiger partial charge in [-0.25, -0.2) is 0 Å². The summed E-state index contributed by atoms with van der Waals surface area (Å²) in [6.45, 7) is -0.485. The minimum Gasteiger partial charge on any atom is -0.480 e. The van der Waals surface area contributed by atoms with Crippen LogP contribution in [-0.4, -0.2) is 28.5 Å². The van der Waals surface area contributed by atoms with Crippen LogP contribution < -0.4 is 5.32 Å². The molecule has 1 aromatic carbocycles. The molecule has 0 aliphatic carbocycles. The zero-order valence-corrected chi connectivity index (χ0v) is 11.8. The Morgan fingerprint density at radius 2 is 1.96 bits per heavy atom. The number of hydrogen-bond donors (Lipinski definition) is 2. The fraction of sp³-hybridized carbons (Fsp3) is 0.0667. The predicted molar refractivity (Wildman–Crippen MR) is 80.7 cm³/mol. The van der Waals surface area contributed by atoms with Crippen LogP contribution in [0.15, 0.2) is 40.8 Å². The Bertz CT molecular complexity index is 778. The van der Waals surface area contributed by atoms with E-state index >= 15 is 0 Å². The van der Waals surface area contributed by atoms with Gasteiger partial charge in [0.05, 0.1) is 6.07 Å². The van der Waals surface area contributed by atoms with Crippen molar-refractivity contribution in [3.05, 3.63) is 63.4 Å². The molecule has 0 aliphatic rings. The smallest absolute Gasteiger partial charge is 0.433 e. The number of carboxylic acids is 1. The van der Waals surface area contributed by atoms with Gasteiger partial charge in [-0.3, -0.25) is 19.7 Å². The third-order valence-electron chi connectivity index (χ3n) is 2.83. The number of aliphatic carboxylic acids is 1. The van der Waals surface area contributed by atoms with Crippen LogP contribution in [-0.2, 0) is 4.79 Å². The maximum absolute atomic E-state index is 12.0. The van der Waals surface area contributed by atoms with Crippen molar-refractivity contribution in [2.24, 2.45) is 0 Å². The minimum absolute atomic E-state index is 0.262. The van der Waals surface area contributed by atoms with Crippen LogP contribution in [0.1, 0.15) is 21.7 Å². The molecule has 0 spiro atoms. The van der Waals surface area contributed by atoms with Gasteiger partial charge in [0.1, 0.15) is 17.2 Å². The molecule has 2 N–H and O–H groups in total. The molecule has 1 aromatic heterocycles. The van der Waals surface area contributed by atoms with Gasteiger partial charge in [-0.05, 0) is 23.8 Å². The molecule has 1 heterocycles. The van der Waals surface area contributed by atoms with Gasteiger partial charge in [-0.2, -0.15) is 0 Å². The van der Waals surface area contributed by atoms with E-state index in [4.69, 9.17) is 9.52 Å². The number of nitrogens with zero attached hydrogens (tertiary/aromatic N) is 1. The molecule has 0 bridgehead atoms. The van der Waals surface area contributed by atoms with Gasteiger partial charge in [0, 0.05) is 5.56 Å². The summed E-state index contributed by atoms with van der Waals surface area (Å²) in [7, 11) is 0. The summed E-state index contributed by atoms with van der Waals surface area (Å²) in [4.78, 5) is 32.3. The summed E-state index contributed by atoms with van der Waals surface area (Å²) < 4.78 is 4.98. The number of carbonyl (C=O) groups excluding carboxylic acids is 1. The van der Waals surface area contributed by atoms with E-state index in [1.165, 1.54) is 18.2 Å². The highest BCUT2D eigenvalue weighted by molar-refractivity contribution is 5.99. The van der Waals surface area contributed by atoms with Crippen LogP contribution in [0.2, 0.25) is 0 Å². The Kier molecular flexibility index (Phi) is 4.88. The number of nitrogens with one attached hydrogen (secondary N) is 1. The van der Waals surface area contributed by atoms with Crippen LogP contribution in [0, 0.1) is 10.1 Å². The van der Waals surface area contributed by atoms with Crippen molar-refractivity contribution < 1.29 is 24.0 Å². The zero-order valence-electron chi connectivity index (χ0n) is 11.8. The highest BCUT2D eigenvalue weighted by atomic mass is 16.6. The van der Waals surface area contributed by atoms with Crippen LogP contribution in [0.5, 0.6) is 0 Å². The second kappa shape index (κ2) is 7.03. The molecular formula is C15H12N2O6. The average molecular weight is 316 g/mol. The van der Waals surface area contributed by atoms with Gasteiger partial charge in [0.2, 0.25) is 0 Å². The molecule has 118 valence electrons. The van der Waals surface area contributed by atoms with Crippen molar-refractivity contribution >= 4 is 29.9 Å². The molecule has 0 unspecified atom stereocenters. The molecule has 2 aromatic rings. The van der Waals surface area contributed by atoms with Gasteiger partial charge in [0.25, 0.3) is 5.91 Å². The van der Waals surface area contributed by atoms with Crippen molar-refractivity contribution in [1.29, 1.82) is 0 Å². The Morgan fingerprint density at radius 3 is 2.61 bits per heavy atom. The fourth-order valence-corrected chi connectivity index (χ4v) is 1.80. The number of benzene rings is 1. The third kappa shape index (κ3) is 4.27. The Balaban J connectivity index is 2.19. The topological polar surface area (TPSA) is 123 Å². The minimum atomic E-state index is -1.14. The van der Waals surface area contributed by atoms with E-state index < -0.39 is 23.3 Å². The van der Waals surface area contributed by atoms with Crippen LogP contribution in [0.4, 0.5) is 5.88 Å². The first kappa shape index (κ1) is 16.0. The first-order chi connectivity index (χ1) is 11.0. The Labute approximate surface area is 130 Å². The van der Waals surface area contributed by atoms with E-state index in [9.17, 15) is 19.7 Å². The fourth-order valence-electron chi connectivity index (χ4n) is 1.80. The van der Waals surface area contributed by atoms with Crippen molar-refractivity contribution in [2.45, 2.75) is 0 Å². The summed E-state index contributed by atoms with van der Waals surface area (Å²) in [5.41, 5.74) is 0.806. The lowest BCUT2D eigenvalue weighted by molar-refractivity contribution is -0.402. The maximum Gasteiger partial charge on any atom is 0.433 e. The van der Waals surface area contributed by atoms with Crippen LogP contribution in [0.25, 0.3) is 12.2 Å². The number of hydrogen-bond acceptors (Lipinski definition) is 5. The number of rotatable bonds is 6. The molecule has 0 saturated heterocycles. The second-order valence-corrected chi connectivity index (χ2v) is 4.43. The maximum atomic E-state index is 12.0. The molecule has 2 rings (SSSR count). The lowest BCUT2D eigenvalue weighted by Gasteiger charge is -2.05. The van der Waals surface area contributed by atoms with Gasteiger partial charge < -0.3 is 14.8 Å². The van der Waals surface area contributed by atoms with Crippen LogP contribution in [0.3, 0.4) is 0 Å². The quantitative estimate of drug-likeness (QED) is 0.622. The molecule has 1 amide bonds. The lowest BCUT2D eigenvalue weighted by Crippen LogP contribution is -2.29. The number of nitro groups is 1. The van der Waals surface area contributed by atoms with Gasteiger partial charge in [-0.15, -0.1) is 0 Å². The molecule has 0 atom stereocenters. The van der Waals surface area contributed by atoms with E-state index in [-0.39, 0.29) is 17.2 Å². The Morgan fingerprint density at radius 1 is 1.22 bits per heavy atom. The largest absolute Gasteiger partial charge is 0.480 e. The highest BCUT2D eigenvalue weighted by Crippen LogP contribution is 2.19. The molecule has 0 radical (unpaired) electrons. The van der Waals surface area contributed by atoms with Crippen molar-refractivity contribution in [1.82, 2.24) is 5.32 Å². The zero-order chi connectivity index (χ0) is 16.8. The number of amides is 1. The van der Waals surface area contributed by atoms with E-state index in [1.54, 1.807) is 30.3 Å². The summed E-state index contributed by atoms with van der Waals surface area (Å²) in [5.74, 6) is -1.79. The third-order valence-corrected chi connectivity index (χ3v) is 2.83. The molecule has 0 fully saturated rings. The van der Waals surface area contributed by atoms with E-state index in [2.05, 4.69) is 5.32 Å². The van der Waals surface area contributed by atoms with E-state index in [0.29, 0.717) is 5.56 Å². The average Bonchev–Trinajstić information content (AvgIpc) is 3.00. The highest BCUT2D eigenvalue weighted by Gasteiger charge is 2.12. The molecule has 0 saturated carbocycles. The Hall–Kier alpha value is -3.42. The summed E-state index contributed by atoms with van der Waals surface area (Å²) in [6, 6.07) is 9.21. The van der Waals surface area contributed by atoms with Crippen molar-refractivity contribution in [3.8, 4) is 0 Å². The van der Waals surface area contributed by atoms with Gasteiger partial charge >= 0.3 is 11.9 Å². The second-order valence-electron chi connectivity index (χ2n) is 4.43. The number of carboxylic acid groups (broad SMARTS) is 1. The molecule has 8 heteroatoms. The lowest BCUT2D eigenvalue weighted by atomic mass is 10.1. The summed E-state index contributed by atoms with van der Waals surface area (Å²) in [6.07, 6.45) is 3.04. The molecule has 0 aliphatic heterocycles. The molecule has 23 heavy (non-hydrogen) atoms. The predicted octanol–water partition coefficient (Wildman–Crippen LogP) is 2.17. The van der Waals surface area contributed by atoms with Gasteiger partial charge in [0.15, 0.2) is 0 Å². The normalized spacial score (nSPS) is 10.6. The first-order valence-corrected chi connectivity index (χ1v) is 6.48. The van der Waals surface area contributed by atoms with E-state index in [1.807, 2.05) is 0 Å². The summed E-state index contributed by atoms with van der Waals surface area (Å²) in [5, 5.41) is 21.4. The molecular weight excluding hydrogens is 304 g/mol. The molecule has 8 nitrogen and oxygen atoms in total.